The third kappa shape index (κ3) is 6.05. The van der Waals surface area contributed by atoms with E-state index < -0.39 is 0 Å². The lowest BCUT2D eigenvalue weighted by Gasteiger charge is -2.34. The van der Waals surface area contributed by atoms with E-state index in [-0.39, 0.29) is 22.4 Å². The van der Waals surface area contributed by atoms with Crippen LogP contribution in [0.15, 0.2) is 65.7 Å². The molecule has 0 amide bonds. The van der Waals surface area contributed by atoms with Gasteiger partial charge in [0.1, 0.15) is 10.4 Å². The molecule has 2 heterocycles. The summed E-state index contributed by atoms with van der Waals surface area (Å²) in [5.41, 5.74) is 4.40. The second-order valence-electron chi connectivity index (χ2n) is 10.6. The van der Waals surface area contributed by atoms with E-state index in [1.54, 1.807) is 11.8 Å². The van der Waals surface area contributed by atoms with Crippen molar-refractivity contribution in [1.82, 2.24) is 0 Å². The highest BCUT2D eigenvalue weighted by atomic mass is 32.2. The van der Waals surface area contributed by atoms with E-state index in [1.165, 1.54) is 34.2 Å². The maximum atomic E-state index is 12.9. The summed E-state index contributed by atoms with van der Waals surface area (Å²) in [5, 5.41) is 5.29. The average Bonchev–Trinajstić information content (AvgIpc) is 3.28. The first-order valence-corrected chi connectivity index (χ1v) is 15.5. The number of hydrogen-bond donors (Lipinski definition) is 1. The zero-order chi connectivity index (χ0) is 26.0. The third-order valence-corrected chi connectivity index (χ3v) is 10.3. The number of thioether (sulfide) groups is 2. The average molecular weight is 549 g/mol. The van der Waals surface area contributed by atoms with Gasteiger partial charge in [-0.05, 0) is 36.2 Å². The van der Waals surface area contributed by atoms with Gasteiger partial charge in [0.15, 0.2) is 16.7 Å². The van der Waals surface area contributed by atoms with Crippen molar-refractivity contribution in [2.24, 2.45) is 16.3 Å². The van der Waals surface area contributed by atoms with Crippen molar-refractivity contribution in [2.45, 2.75) is 45.4 Å². The molecule has 1 aromatic heterocycles. The number of thiophene rings is 1. The predicted octanol–water partition coefficient (Wildman–Crippen LogP) is 7.91. The van der Waals surface area contributed by atoms with Gasteiger partial charge in [-0.1, -0.05) is 93.2 Å². The molecule has 192 valence electrons. The summed E-state index contributed by atoms with van der Waals surface area (Å²) in [4.78, 5) is 32.1. The standard InChI is InChI=1S/C30H32N2O2S3/c1-30(2,3)21-14-15-22-25(16-21)37-28-26(22)27(35-17-23(33)19-10-6-4-7-11-19)31-29(32-28)36-18-24(34)20-12-8-5-9-13-20/h4-13,21,27H,14-18H2,1-3H3,(H,31,32)/t21-,27+/m0/s1. The van der Waals surface area contributed by atoms with Gasteiger partial charge in [0, 0.05) is 21.6 Å². The van der Waals surface area contributed by atoms with Gasteiger partial charge in [-0.3, -0.25) is 9.59 Å². The summed E-state index contributed by atoms with van der Waals surface area (Å²) in [7, 11) is 0. The molecule has 2 aliphatic rings. The zero-order valence-corrected chi connectivity index (χ0v) is 23.9. The monoisotopic (exact) mass is 548 g/mol. The van der Waals surface area contributed by atoms with E-state index in [4.69, 9.17) is 4.99 Å². The number of nitrogens with zero attached hydrogens (tertiary/aromatic N) is 1. The molecule has 0 bridgehead atoms. The highest BCUT2D eigenvalue weighted by Gasteiger charge is 2.36. The number of aliphatic imine (C=N–C) groups is 1. The number of anilines is 1. The molecule has 3 aromatic rings. The molecule has 1 N–H and O–H groups in total. The smallest absolute Gasteiger partial charge is 0.173 e. The molecule has 7 heteroatoms. The molecule has 0 radical (unpaired) electrons. The van der Waals surface area contributed by atoms with Crippen LogP contribution < -0.4 is 5.32 Å². The van der Waals surface area contributed by atoms with Crippen LogP contribution in [-0.4, -0.2) is 28.2 Å². The molecular weight excluding hydrogens is 517 g/mol. The zero-order valence-electron chi connectivity index (χ0n) is 21.5. The minimum Gasteiger partial charge on any atom is -0.326 e. The molecule has 37 heavy (non-hydrogen) atoms. The fourth-order valence-electron chi connectivity index (χ4n) is 4.90. The number of carbonyl (C=O) groups excluding carboxylic acids is 2. The van der Waals surface area contributed by atoms with E-state index in [9.17, 15) is 9.59 Å². The lowest BCUT2D eigenvalue weighted by molar-refractivity contribution is 0.101. The van der Waals surface area contributed by atoms with Crippen LogP contribution in [0.5, 0.6) is 0 Å². The summed E-state index contributed by atoms with van der Waals surface area (Å²) in [6.45, 7) is 7.01. The maximum absolute atomic E-state index is 12.9. The van der Waals surface area contributed by atoms with Gasteiger partial charge >= 0.3 is 0 Å². The van der Waals surface area contributed by atoms with Crippen molar-refractivity contribution in [1.29, 1.82) is 0 Å². The number of carbonyl (C=O) groups is 2. The lowest BCUT2D eigenvalue weighted by atomic mass is 9.72. The number of fused-ring (bicyclic) bond motifs is 3. The Bertz CT molecular complexity index is 1310. The van der Waals surface area contributed by atoms with Gasteiger partial charge in [-0.15, -0.1) is 23.1 Å². The number of benzene rings is 2. The summed E-state index contributed by atoms with van der Waals surface area (Å²) in [6, 6.07) is 18.9. The quantitative estimate of drug-likeness (QED) is 0.304. The van der Waals surface area contributed by atoms with Crippen LogP contribution in [0, 0.1) is 11.3 Å². The van der Waals surface area contributed by atoms with Gasteiger partial charge in [0.2, 0.25) is 0 Å². The van der Waals surface area contributed by atoms with Crippen LogP contribution in [0.25, 0.3) is 0 Å². The van der Waals surface area contributed by atoms with Gasteiger partial charge < -0.3 is 5.32 Å². The minimum absolute atomic E-state index is 0.0860. The summed E-state index contributed by atoms with van der Waals surface area (Å²) >= 11 is 4.88. The molecule has 1 aliphatic heterocycles. The molecule has 4 nitrogen and oxygen atoms in total. The Kier molecular flexibility index (Phi) is 7.93. The van der Waals surface area contributed by atoms with Gasteiger partial charge in [-0.2, -0.15) is 0 Å². The van der Waals surface area contributed by atoms with Crippen molar-refractivity contribution in [3.8, 4) is 0 Å². The summed E-state index contributed by atoms with van der Waals surface area (Å²) in [5.74, 6) is 1.55. The highest BCUT2D eigenvalue weighted by molar-refractivity contribution is 8.14. The summed E-state index contributed by atoms with van der Waals surface area (Å²) < 4.78 is 0. The van der Waals surface area contributed by atoms with Crippen LogP contribution in [-0.2, 0) is 12.8 Å². The second-order valence-corrected chi connectivity index (χ2v) is 13.8. The van der Waals surface area contributed by atoms with Crippen LogP contribution in [0.1, 0.15) is 69.3 Å². The molecule has 0 fully saturated rings. The van der Waals surface area contributed by atoms with Gasteiger partial charge in [0.05, 0.1) is 11.5 Å². The predicted molar refractivity (Wildman–Crippen MR) is 160 cm³/mol. The Hall–Kier alpha value is -2.35. The van der Waals surface area contributed by atoms with Crippen molar-refractivity contribution < 1.29 is 9.59 Å². The van der Waals surface area contributed by atoms with Crippen molar-refractivity contribution >= 4 is 56.6 Å². The molecule has 0 saturated carbocycles. The van der Waals surface area contributed by atoms with Crippen LogP contribution >= 0.6 is 34.9 Å². The van der Waals surface area contributed by atoms with Crippen LogP contribution in [0.2, 0.25) is 0 Å². The van der Waals surface area contributed by atoms with Crippen molar-refractivity contribution in [2.75, 3.05) is 16.8 Å². The van der Waals surface area contributed by atoms with Gasteiger partial charge in [0.25, 0.3) is 0 Å². The molecule has 0 spiro atoms. The molecule has 0 saturated heterocycles. The summed E-state index contributed by atoms with van der Waals surface area (Å²) in [6.07, 6.45) is 3.32. The molecule has 0 unspecified atom stereocenters. The second kappa shape index (κ2) is 11.2. The largest absolute Gasteiger partial charge is 0.326 e. The Morgan fingerprint density at radius 2 is 1.59 bits per heavy atom. The number of hydrogen-bond acceptors (Lipinski definition) is 7. The fraction of sp³-hybridized carbons (Fsp3) is 0.367. The maximum Gasteiger partial charge on any atom is 0.173 e. The van der Waals surface area contributed by atoms with E-state index in [1.807, 2.05) is 72.0 Å². The fourth-order valence-corrected chi connectivity index (χ4v) is 8.34. The molecule has 2 atom stereocenters. The third-order valence-electron chi connectivity index (χ3n) is 7.14. The molecular formula is C30H32N2O2S3. The number of nitrogens with one attached hydrogen (secondary N) is 1. The number of ketones is 2. The topological polar surface area (TPSA) is 58.5 Å². The molecule has 5 rings (SSSR count). The highest BCUT2D eigenvalue weighted by Crippen LogP contribution is 2.51. The van der Waals surface area contributed by atoms with Crippen LogP contribution in [0.3, 0.4) is 0 Å². The SMILES string of the molecule is CC(C)(C)[C@H]1CCc2c(sc3c2[C@@H](SCC(=O)c2ccccc2)N=C(SCC(=O)c2ccccc2)N3)C1. The Morgan fingerprint density at radius 3 is 2.22 bits per heavy atom. The van der Waals surface area contributed by atoms with Crippen molar-refractivity contribution in [3.63, 3.8) is 0 Å². The first kappa shape index (κ1) is 26.3. The number of amidine groups is 1. The van der Waals surface area contributed by atoms with E-state index in [0.29, 0.717) is 23.0 Å². The molecule has 1 aliphatic carbocycles. The first-order chi connectivity index (χ1) is 17.8. The van der Waals surface area contributed by atoms with E-state index in [2.05, 4.69) is 26.1 Å². The Labute approximate surface area is 231 Å². The van der Waals surface area contributed by atoms with E-state index in [0.717, 1.165) is 28.6 Å². The Morgan fingerprint density at radius 1 is 0.973 bits per heavy atom. The van der Waals surface area contributed by atoms with Crippen molar-refractivity contribution in [3.05, 3.63) is 87.8 Å². The van der Waals surface area contributed by atoms with E-state index >= 15 is 0 Å². The lowest BCUT2D eigenvalue weighted by Crippen LogP contribution is -2.26. The van der Waals surface area contributed by atoms with Crippen LogP contribution in [0.4, 0.5) is 5.00 Å². The minimum atomic E-state index is -0.149. The molecule has 2 aromatic carbocycles. The normalized spacial score (nSPS) is 18.8. The van der Waals surface area contributed by atoms with Gasteiger partial charge in [-0.25, -0.2) is 4.99 Å². The number of Topliss-reactive ketones (excluding diaryl/α,β-unsaturated/α-hetero) is 2. The first-order valence-electron chi connectivity index (χ1n) is 12.7. The Balaban J connectivity index is 1.37. The number of rotatable bonds is 7.